The summed E-state index contributed by atoms with van der Waals surface area (Å²) >= 11 is 0. The van der Waals surface area contributed by atoms with Gasteiger partial charge in [-0.2, -0.15) is 0 Å². The Hall–Kier alpha value is -10.9. The van der Waals surface area contributed by atoms with Gasteiger partial charge in [0.1, 0.15) is 95.4 Å². The average Bonchev–Trinajstić information content (AvgIpc) is 0.786. The Morgan fingerprint density at radius 3 is 0.459 bits per heavy atom. The van der Waals surface area contributed by atoms with E-state index in [0.717, 1.165) is 64.2 Å². The second kappa shape index (κ2) is 77.4. The average molecular weight is 2090 g/mol. The van der Waals surface area contributed by atoms with E-state index in [-0.39, 0.29) is 253 Å². The molecule has 0 aliphatic carbocycles. The molecule has 0 spiro atoms. The monoisotopic (exact) mass is 2090 g/mol. The van der Waals surface area contributed by atoms with Crippen LogP contribution in [0.5, 0.6) is 69.0 Å². The molecule has 0 unspecified atom stereocenters. The van der Waals surface area contributed by atoms with Gasteiger partial charge in [0, 0.05) is 64.8 Å². The van der Waals surface area contributed by atoms with Crippen molar-refractivity contribution >= 4 is 65.4 Å². The Balaban J connectivity index is 1.63. The maximum atomic E-state index is 15.9. The van der Waals surface area contributed by atoms with Crippen LogP contribution >= 0.6 is 0 Å². The van der Waals surface area contributed by atoms with Gasteiger partial charge >= 0.3 is 0 Å². The lowest BCUT2D eigenvalue weighted by Crippen LogP contribution is -2.16. The number of rotatable bonds is 82. The maximum Gasteiger partial charge on any atom is 0.259 e. The smallest absolute Gasteiger partial charge is 0.259 e. The van der Waals surface area contributed by atoms with Gasteiger partial charge in [0.15, 0.2) is 0 Å². The van der Waals surface area contributed by atoms with Crippen LogP contribution in [0.2, 0.25) is 0 Å². The van der Waals surface area contributed by atoms with Crippen LogP contribution in [0, 0.1) is 0 Å². The predicted octanol–water partition coefficient (Wildman–Crippen LogP) is 14.7. The van der Waals surface area contributed by atoms with E-state index in [4.69, 9.17) is 133 Å². The summed E-state index contributed by atoms with van der Waals surface area (Å²) in [5, 5.41) is -1.25. The molecule has 7 rings (SSSR count). The first-order chi connectivity index (χ1) is 72.5. The van der Waals surface area contributed by atoms with E-state index in [0.29, 0.717) is 119 Å². The molecule has 40 heteroatoms. The van der Waals surface area contributed by atoms with Crippen molar-refractivity contribution in [3.05, 3.63) is 135 Å². The maximum absolute atomic E-state index is 15.9. The number of aromatic amines is 6. The molecule has 12 bridgehead atoms. The number of hydrogen-bond acceptors (Lipinski definition) is 34. The van der Waals surface area contributed by atoms with Crippen molar-refractivity contribution in [2.75, 3.05) is 296 Å². The summed E-state index contributed by atoms with van der Waals surface area (Å²) in [6.45, 7) is 11.3. The predicted molar refractivity (Wildman–Crippen MR) is 568 cm³/mol. The van der Waals surface area contributed by atoms with Crippen LogP contribution in [-0.4, -0.2) is 326 Å². The number of unbranched alkanes of at least 4 members (excludes halogenated alkanes) is 18. The third-order valence-corrected chi connectivity index (χ3v) is 22.9. The van der Waals surface area contributed by atoms with Crippen LogP contribution in [0.1, 0.15) is 142 Å². The van der Waals surface area contributed by atoms with E-state index in [1.165, 1.54) is 167 Å². The van der Waals surface area contributed by atoms with Crippen molar-refractivity contribution in [2.24, 2.45) is 0 Å². The topological polar surface area (TPSA) is 456 Å². The number of benzene rings is 6. The number of ether oxygens (including phenoxy) is 28. The van der Waals surface area contributed by atoms with Gasteiger partial charge in [-0.15, -0.1) is 0 Å². The molecule has 0 aliphatic heterocycles. The molecule has 0 saturated heterocycles. The molecule has 7 aromatic rings. The summed E-state index contributed by atoms with van der Waals surface area (Å²) in [6, 6.07) is 16.7. The fourth-order valence-corrected chi connectivity index (χ4v) is 15.0. The van der Waals surface area contributed by atoms with Crippen LogP contribution in [-0.2, 0) is 75.8 Å². The number of methoxy groups -OCH3 is 10. The first kappa shape index (κ1) is 124. The van der Waals surface area contributed by atoms with Gasteiger partial charge in [-0.05, 0) is 49.2 Å². The minimum absolute atomic E-state index is 0.00353. The molecule has 0 saturated carbocycles. The van der Waals surface area contributed by atoms with Crippen molar-refractivity contribution in [3.63, 3.8) is 0 Å². The molecule has 1 aromatic heterocycles. The van der Waals surface area contributed by atoms with Crippen LogP contribution < -0.4 is 90.2 Å². The van der Waals surface area contributed by atoms with E-state index >= 15 is 28.8 Å². The summed E-state index contributed by atoms with van der Waals surface area (Å²) in [7, 11) is 14.5. The Morgan fingerprint density at radius 2 is 0.297 bits per heavy atom. The third-order valence-electron chi connectivity index (χ3n) is 22.9. The van der Waals surface area contributed by atoms with E-state index < -0.39 is 33.4 Å². The molecule has 148 heavy (non-hydrogen) atoms. The van der Waals surface area contributed by atoms with E-state index in [2.05, 4.69) is 43.8 Å². The lowest BCUT2D eigenvalue weighted by Gasteiger charge is -2.13. The number of aromatic nitrogens is 6. The highest BCUT2D eigenvalue weighted by Crippen LogP contribution is 2.36. The van der Waals surface area contributed by atoms with E-state index in [9.17, 15) is 0 Å². The minimum Gasteiger partial charge on any atom is -0.494 e. The number of nitrogens with one attached hydrogen (secondary N) is 6. The lowest BCUT2D eigenvalue weighted by molar-refractivity contribution is -0.0000346. The van der Waals surface area contributed by atoms with E-state index in [1.807, 2.05) is 0 Å². The van der Waals surface area contributed by atoms with Gasteiger partial charge in [-0.3, -0.25) is 28.8 Å². The molecule has 6 N–H and O–H groups in total. The third kappa shape index (κ3) is 47.1. The van der Waals surface area contributed by atoms with Gasteiger partial charge in [-0.25, -0.2) is 0 Å². The Kier molecular flexibility index (Phi) is 64.9. The van der Waals surface area contributed by atoms with Crippen LogP contribution in [0.4, 0.5) is 0 Å². The molecule has 6 aromatic carbocycles. The molecule has 0 atom stereocenters. The summed E-state index contributed by atoms with van der Waals surface area (Å²) in [6.07, 6.45) is 21.0. The van der Waals surface area contributed by atoms with Gasteiger partial charge in [0.25, 0.3) is 33.4 Å². The second-order valence-corrected chi connectivity index (χ2v) is 33.8. The van der Waals surface area contributed by atoms with Crippen molar-refractivity contribution < 1.29 is 133 Å². The summed E-state index contributed by atoms with van der Waals surface area (Å²) in [4.78, 5) is 113. The zero-order chi connectivity index (χ0) is 106. The summed E-state index contributed by atoms with van der Waals surface area (Å²) < 4.78 is 164. The lowest BCUT2D eigenvalue weighted by atomic mass is 10.1. The van der Waals surface area contributed by atoms with E-state index in [1.54, 1.807) is 28.4 Å². The molecule has 0 amide bonds. The molecule has 40 nitrogen and oxygen atoms in total. The normalized spacial score (nSPS) is 11.3. The number of H-pyrrole nitrogens is 6. The highest BCUT2D eigenvalue weighted by atomic mass is 16.6. The SMILES string of the molecule is CCCCCCCCCCCCOc1cc(OCCCCCCCCCCCC)c2cc1c(=O)[nH]c1cc([nH]c(=O)c3cc(c(OCCOCCOCCOCCOC)cc3OCCOCCOCCOCCOC)c(=O)[nH]c3cc([nH]c(=O)c4cc(c(OCCOCCOCCOCCOC)cc4OCCOCCOCCOCCOC)c(=O)[nH]c4cc([nH]c2=O)c(OC)cc4OC)c(OC)cc3OC)c(OC)cc1OC. The highest BCUT2D eigenvalue weighted by Gasteiger charge is 2.20. The largest absolute Gasteiger partial charge is 0.494 e. The standard InChI is InChI=1S/C108H162N6O34/c1-13-15-17-19-21-23-25-27-29-31-33-143-91-73-92(144-34-32-30-28-26-24-22-20-18-16-14-2)80-67-79(91)103(115)109-85-70-87(99(127-9)76-97(85)125-7)111-105(117)81-68-83(95(147-65-61-141-57-53-137-49-45-133-41-37-123-5)74-93(81)145-63-59-139-55-51-135-47-43-131-39-35-121-3)107(119)113-89-72-90(102(130-12)78-101(89)129-11)114-108(120)84-69-82(106(118)112-88-71-86(110-104(80)116)98(126-8)77-100(88)128-10)94(146-64-60-140-56-52-136-48-44-132-40-36-122-4)75-96(84)148-66-62-142-58-54-138-50-46-134-42-38-124-6/h67-78H,13-66H2,1-12H3,(H,109,115)(H,110,116)(H,111,117)(H,112,118)(H,113,119)(H,114,120). The zero-order valence-corrected chi connectivity index (χ0v) is 89.0. The highest BCUT2D eigenvalue weighted by molar-refractivity contribution is 5.84. The Morgan fingerprint density at radius 1 is 0.155 bits per heavy atom. The number of hydrogen-bond donors (Lipinski definition) is 6. The summed E-state index contributed by atoms with van der Waals surface area (Å²) in [5.74, 6) is -0.0594. The first-order valence-corrected chi connectivity index (χ1v) is 51.4. The molecule has 0 fully saturated rings. The number of fused-ring (bicyclic) bond motifs is 12. The van der Waals surface area contributed by atoms with Crippen molar-refractivity contribution in [1.82, 2.24) is 29.9 Å². The van der Waals surface area contributed by atoms with Gasteiger partial charge in [0.05, 0.1) is 306 Å². The van der Waals surface area contributed by atoms with Crippen LogP contribution in [0.15, 0.2) is 102 Å². The fourth-order valence-electron chi connectivity index (χ4n) is 15.0. The van der Waals surface area contributed by atoms with Crippen LogP contribution in [0.25, 0.3) is 65.4 Å². The van der Waals surface area contributed by atoms with Gasteiger partial charge in [0.2, 0.25) is 0 Å². The molecule has 0 radical (unpaired) electrons. The Bertz CT molecular complexity index is 4880. The molecule has 0 aliphatic rings. The van der Waals surface area contributed by atoms with Crippen molar-refractivity contribution in [1.29, 1.82) is 0 Å². The molecule has 1 heterocycles. The first-order valence-electron chi connectivity index (χ1n) is 51.4. The van der Waals surface area contributed by atoms with Crippen molar-refractivity contribution in [2.45, 2.75) is 142 Å². The zero-order valence-electron chi connectivity index (χ0n) is 89.0. The molecule has 828 valence electrons. The minimum atomic E-state index is -0.903. The van der Waals surface area contributed by atoms with Gasteiger partial charge in [-0.1, -0.05) is 129 Å². The van der Waals surface area contributed by atoms with Gasteiger partial charge < -0.3 is 163 Å². The van der Waals surface area contributed by atoms with Crippen molar-refractivity contribution in [3.8, 4) is 69.0 Å². The fraction of sp³-hybridized carbons (Fsp3) is 0.611. The van der Waals surface area contributed by atoms with Crippen LogP contribution in [0.3, 0.4) is 0 Å². The summed E-state index contributed by atoms with van der Waals surface area (Å²) in [5.41, 5.74) is -5.38. The molecular formula is C108H162N6O34. The second-order valence-electron chi connectivity index (χ2n) is 33.8. The quantitative estimate of drug-likeness (QED) is 0.0193. The molecular weight excluding hydrogens is 1930 g/mol. The Labute approximate surface area is 865 Å².